The Morgan fingerprint density at radius 3 is 2.13 bits per heavy atom. The van der Waals surface area contributed by atoms with Crippen LogP contribution in [0.4, 0.5) is 3.89 Å². The van der Waals surface area contributed by atoms with Gasteiger partial charge >= 0.3 is 17.3 Å². The minimum atomic E-state index is -4.71. The Morgan fingerprint density at radius 1 is 1.17 bits per heavy atom. The fraction of sp³-hybridized carbons (Fsp3) is 0.533. The summed E-state index contributed by atoms with van der Waals surface area (Å²) in [5, 5.41) is 0. The molecule has 0 unspecified atom stereocenters. The number of hydrogen-bond acceptors (Lipinski definition) is 5. The lowest BCUT2D eigenvalue weighted by atomic mass is 9.74. The molecule has 1 fully saturated rings. The topological polar surface area (TPSA) is 69.7 Å². The minimum absolute atomic E-state index is 0.224. The first kappa shape index (κ1) is 18.1. The first-order valence-electron chi connectivity index (χ1n) is 7.23. The molecule has 2 rings (SSSR count). The van der Waals surface area contributed by atoms with E-state index in [1.54, 1.807) is 13.0 Å². The molecule has 0 atom stereocenters. The van der Waals surface area contributed by atoms with Crippen LogP contribution in [0.25, 0.3) is 0 Å². The van der Waals surface area contributed by atoms with E-state index in [1.807, 2.05) is 27.7 Å². The normalized spacial score (nSPS) is 19.8. The van der Waals surface area contributed by atoms with Crippen molar-refractivity contribution in [1.82, 2.24) is 0 Å². The lowest BCUT2D eigenvalue weighted by Gasteiger charge is -2.32. The second-order valence-electron chi connectivity index (χ2n) is 6.78. The smallest absolute Gasteiger partial charge is 0.399 e. The van der Waals surface area contributed by atoms with E-state index >= 15 is 0 Å². The van der Waals surface area contributed by atoms with Crippen molar-refractivity contribution in [3.05, 3.63) is 28.8 Å². The Kier molecular flexibility index (Phi) is 4.47. The lowest BCUT2D eigenvalue weighted by molar-refractivity contribution is 0.00578. The van der Waals surface area contributed by atoms with Crippen molar-refractivity contribution in [3.63, 3.8) is 0 Å². The van der Waals surface area contributed by atoms with Gasteiger partial charge in [-0.3, -0.25) is 4.79 Å². The van der Waals surface area contributed by atoms with Gasteiger partial charge in [0.2, 0.25) is 0 Å². The van der Waals surface area contributed by atoms with Crippen LogP contribution in [0.5, 0.6) is 0 Å². The van der Waals surface area contributed by atoms with Crippen LogP contribution in [0, 0.1) is 6.92 Å². The highest BCUT2D eigenvalue weighted by Crippen LogP contribution is 2.37. The van der Waals surface area contributed by atoms with Gasteiger partial charge in [-0.05, 0) is 57.3 Å². The van der Waals surface area contributed by atoms with Crippen LogP contribution in [0.1, 0.15) is 49.2 Å². The molecule has 0 amide bonds. The van der Waals surface area contributed by atoms with E-state index in [0.717, 1.165) is 0 Å². The second kappa shape index (κ2) is 5.68. The number of halogens is 1. The predicted octanol–water partition coefficient (Wildman–Crippen LogP) is 1.91. The maximum absolute atomic E-state index is 13.1. The number of benzene rings is 1. The van der Waals surface area contributed by atoms with Gasteiger partial charge in [0.05, 0.1) is 11.2 Å². The van der Waals surface area contributed by atoms with Crippen LogP contribution in [-0.2, 0) is 25.3 Å². The average Bonchev–Trinajstić information content (AvgIpc) is 2.59. The van der Waals surface area contributed by atoms with Crippen molar-refractivity contribution < 1.29 is 26.4 Å². The maximum atomic E-state index is 13.1. The number of hydrogen-bond donors (Lipinski definition) is 0. The number of carbonyl (C=O) groups is 1. The fourth-order valence-electron chi connectivity index (χ4n) is 2.44. The molecular weight excluding hydrogens is 322 g/mol. The molecule has 23 heavy (non-hydrogen) atoms. The molecule has 1 aromatic carbocycles. The average molecular weight is 342 g/mol. The molecule has 1 aromatic rings. The monoisotopic (exact) mass is 342 g/mol. The Bertz CT molecular complexity index is 726. The first-order valence-corrected chi connectivity index (χ1v) is 8.78. The zero-order valence-corrected chi connectivity index (χ0v) is 14.7. The predicted molar refractivity (Wildman–Crippen MR) is 86.0 cm³/mol. The molecule has 0 radical (unpaired) electrons. The third kappa shape index (κ3) is 3.64. The maximum Gasteiger partial charge on any atom is 0.495 e. The summed E-state index contributed by atoms with van der Waals surface area (Å²) >= 11 is 0. The standard InChI is InChI=1S/C15H20BFO5S/c1-10-12(9-23(17,19)20)6-11(8-18)7-13(10)16-21-14(2,3)15(4,5)22-16/h6-8H,9H2,1-5H3. The van der Waals surface area contributed by atoms with Gasteiger partial charge < -0.3 is 9.31 Å². The van der Waals surface area contributed by atoms with Gasteiger partial charge in [0.15, 0.2) is 0 Å². The first-order chi connectivity index (χ1) is 10.4. The Hall–Kier alpha value is -1.25. The van der Waals surface area contributed by atoms with Gasteiger partial charge in [-0.15, -0.1) is 3.89 Å². The van der Waals surface area contributed by atoms with Crippen LogP contribution >= 0.6 is 0 Å². The van der Waals surface area contributed by atoms with Crippen molar-refractivity contribution >= 4 is 29.1 Å². The molecule has 0 aromatic heterocycles. The number of rotatable bonds is 4. The molecular formula is C15H20BFO5S. The fourth-order valence-corrected chi connectivity index (χ4v) is 3.11. The highest BCUT2D eigenvalue weighted by molar-refractivity contribution is 7.85. The molecule has 0 aliphatic carbocycles. The van der Waals surface area contributed by atoms with E-state index < -0.39 is 34.3 Å². The molecule has 5 nitrogen and oxygen atoms in total. The summed E-state index contributed by atoms with van der Waals surface area (Å²) in [5.74, 6) is -0.785. The van der Waals surface area contributed by atoms with Crippen molar-refractivity contribution in [2.24, 2.45) is 0 Å². The summed E-state index contributed by atoms with van der Waals surface area (Å²) in [6.45, 7) is 9.21. The Morgan fingerprint density at radius 2 is 1.70 bits per heavy atom. The van der Waals surface area contributed by atoms with E-state index in [-0.39, 0.29) is 11.1 Å². The molecule has 126 valence electrons. The van der Waals surface area contributed by atoms with Crippen molar-refractivity contribution in [2.75, 3.05) is 0 Å². The van der Waals surface area contributed by atoms with Gasteiger partial charge in [0.25, 0.3) is 0 Å². The lowest BCUT2D eigenvalue weighted by Crippen LogP contribution is -2.41. The molecule has 0 saturated carbocycles. The zero-order valence-electron chi connectivity index (χ0n) is 13.8. The Balaban J connectivity index is 2.51. The van der Waals surface area contributed by atoms with Gasteiger partial charge in [0, 0.05) is 5.56 Å². The molecule has 1 aliphatic rings. The van der Waals surface area contributed by atoms with E-state index in [0.29, 0.717) is 17.3 Å². The molecule has 0 bridgehead atoms. The molecule has 1 saturated heterocycles. The van der Waals surface area contributed by atoms with E-state index in [4.69, 9.17) is 9.31 Å². The summed E-state index contributed by atoms with van der Waals surface area (Å²) in [7, 11) is -5.46. The van der Waals surface area contributed by atoms with Crippen LogP contribution in [-0.4, -0.2) is 33.0 Å². The third-order valence-corrected chi connectivity index (χ3v) is 5.20. The largest absolute Gasteiger partial charge is 0.495 e. The third-order valence-electron chi connectivity index (χ3n) is 4.55. The van der Waals surface area contributed by atoms with Crippen LogP contribution in [0.3, 0.4) is 0 Å². The van der Waals surface area contributed by atoms with E-state index in [2.05, 4.69) is 0 Å². The van der Waals surface area contributed by atoms with Gasteiger partial charge in [-0.1, -0.05) is 6.07 Å². The number of aldehydes is 1. The van der Waals surface area contributed by atoms with E-state index in [9.17, 15) is 17.1 Å². The quantitative estimate of drug-likeness (QED) is 0.475. The highest BCUT2D eigenvalue weighted by atomic mass is 32.3. The van der Waals surface area contributed by atoms with Crippen molar-refractivity contribution in [2.45, 2.75) is 51.6 Å². The summed E-state index contributed by atoms with van der Waals surface area (Å²) < 4.78 is 46.9. The van der Waals surface area contributed by atoms with Gasteiger partial charge in [-0.25, -0.2) is 0 Å². The SMILES string of the molecule is Cc1c(CS(=O)(=O)F)cc(C=O)cc1B1OC(C)(C)C(C)(C)O1. The summed E-state index contributed by atoms with van der Waals surface area (Å²) in [6.07, 6.45) is 0.586. The van der Waals surface area contributed by atoms with E-state index in [1.165, 1.54) is 6.07 Å². The van der Waals surface area contributed by atoms with Gasteiger partial charge in [-0.2, -0.15) is 8.42 Å². The van der Waals surface area contributed by atoms with Crippen LogP contribution in [0.15, 0.2) is 12.1 Å². The van der Waals surface area contributed by atoms with Gasteiger partial charge in [0.1, 0.15) is 12.0 Å². The second-order valence-corrected chi connectivity index (χ2v) is 8.15. The zero-order chi connectivity index (χ0) is 17.6. The van der Waals surface area contributed by atoms with Crippen molar-refractivity contribution in [1.29, 1.82) is 0 Å². The van der Waals surface area contributed by atoms with Crippen molar-refractivity contribution in [3.8, 4) is 0 Å². The summed E-state index contributed by atoms with van der Waals surface area (Å²) in [4.78, 5) is 11.1. The Labute approximate surface area is 136 Å². The molecule has 0 spiro atoms. The molecule has 1 aliphatic heterocycles. The summed E-state index contributed by atoms with van der Waals surface area (Å²) in [5.41, 5.74) is 0.393. The van der Waals surface area contributed by atoms with Crippen LogP contribution in [0.2, 0.25) is 0 Å². The highest BCUT2D eigenvalue weighted by Gasteiger charge is 2.52. The molecule has 8 heteroatoms. The molecule has 0 N–H and O–H groups in total. The van der Waals surface area contributed by atoms with Crippen LogP contribution < -0.4 is 5.46 Å². The summed E-state index contributed by atoms with van der Waals surface area (Å²) in [6, 6.07) is 2.95. The number of carbonyl (C=O) groups excluding carboxylic acids is 1. The minimum Gasteiger partial charge on any atom is -0.399 e. The molecule has 1 heterocycles.